The second-order valence-corrected chi connectivity index (χ2v) is 3.30. The van der Waals surface area contributed by atoms with Crippen LogP contribution in [0.15, 0.2) is 0 Å². The smallest absolute Gasteiger partial charge is 0.319 e. The van der Waals surface area contributed by atoms with Gasteiger partial charge in [0.05, 0.1) is 7.11 Å². The molecule has 12 heavy (non-hydrogen) atoms. The average molecular weight is 167 g/mol. The third kappa shape index (κ3) is 1.42. The Hall–Kier alpha value is -1.04. The van der Waals surface area contributed by atoms with Crippen LogP contribution in [0.2, 0.25) is 0 Å². The fraction of sp³-hybridized carbons (Fsp3) is 0.778. The number of hydrogen-bond donors (Lipinski definition) is 0. The molecule has 1 aliphatic rings. The Morgan fingerprint density at radius 1 is 1.58 bits per heavy atom. The van der Waals surface area contributed by atoms with Crippen molar-refractivity contribution in [1.29, 1.82) is 0 Å². The van der Waals surface area contributed by atoms with Gasteiger partial charge in [-0.1, -0.05) is 12.8 Å². The van der Waals surface area contributed by atoms with Crippen LogP contribution < -0.4 is 0 Å². The van der Waals surface area contributed by atoms with Crippen molar-refractivity contribution in [1.82, 2.24) is 0 Å². The zero-order chi connectivity index (χ0) is 9.03. The van der Waals surface area contributed by atoms with E-state index in [0.29, 0.717) is 6.54 Å². The number of nitrogens with zero attached hydrogens (tertiary/aromatic N) is 1. The molecule has 0 atom stereocenters. The predicted octanol–water partition coefficient (Wildman–Crippen LogP) is 1.64. The average Bonchev–Trinajstić information content (AvgIpc) is 2.53. The standard InChI is InChI=1S/C9H13NO2/c1-10-7-9(8(11)12-2)5-3-4-6-9/h3-7H2,2H3. The fourth-order valence-corrected chi connectivity index (χ4v) is 1.85. The highest BCUT2D eigenvalue weighted by molar-refractivity contribution is 5.77. The van der Waals surface area contributed by atoms with Crippen LogP contribution >= 0.6 is 0 Å². The van der Waals surface area contributed by atoms with E-state index in [-0.39, 0.29) is 5.97 Å². The monoisotopic (exact) mass is 167 g/mol. The summed E-state index contributed by atoms with van der Waals surface area (Å²) in [4.78, 5) is 14.7. The normalized spacial score (nSPS) is 20.0. The first-order valence-electron chi connectivity index (χ1n) is 4.17. The number of hydrogen-bond acceptors (Lipinski definition) is 2. The van der Waals surface area contributed by atoms with Gasteiger partial charge in [-0.3, -0.25) is 4.79 Å². The quantitative estimate of drug-likeness (QED) is 0.462. The Morgan fingerprint density at radius 3 is 2.58 bits per heavy atom. The Bertz CT molecular complexity index is 211. The van der Waals surface area contributed by atoms with Crippen LogP contribution in [-0.4, -0.2) is 19.6 Å². The Labute approximate surface area is 72.5 Å². The minimum absolute atomic E-state index is 0.198. The van der Waals surface area contributed by atoms with Gasteiger partial charge in [0.25, 0.3) is 0 Å². The van der Waals surface area contributed by atoms with Crippen molar-refractivity contribution in [2.24, 2.45) is 5.41 Å². The molecule has 1 fully saturated rings. The van der Waals surface area contributed by atoms with Gasteiger partial charge in [-0.25, -0.2) is 6.57 Å². The van der Waals surface area contributed by atoms with Crippen molar-refractivity contribution in [2.45, 2.75) is 25.7 Å². The first-order valence-corrected chi connectivity index (χ1v) is 4.17. The second-order valence-electron chi connectivity index (χ2n) is 3.30. The maximum absolute atomic E-state index is 11.4. The molecule has 0 radical (unpaired) electrons. The molecule has 1 saturated carbocycles. The summed E-state index contributed by atoms with van der Waals surface area (Å²) in [6.45, 7) is 7.07. The molecule has 0 aromatic heterocycles. The van der Waals surface area contributed by atoms with E-state index in [1.54, 1.807) is 0 Å². The van der Waals surface area contributed by atoms with Gasteiger partial charge in [0.1, 0.15) is 5.41 Å². The van der Waals surface area contributed by atoms with Crippen LogP contribution in [-0.2, 0) is 9.53 Å². The third-order valence-corrected chi connectivity index (χ3v) is 2.56. The topological polar surface area (TPSA) is 30.7 Å². The summed E-state index contributed by atoms with van der Waals surface area (Å²) < 4.78 is 4.71. The molecular formula is C9H13NO2. The lowest BCUT2D eigenvalue weighted by Gasteiger charge is -2.18. The molecule has 0 unspecified atom stereocenters. The van der Waals surface area contributed by atoms with Crippen molar-refractivity contribution < 1.29 is 9.53 Å². The maximum Gasteiger partial charge on any atom is 0.319 e. The summed E-state index contributed by atoms with van der Waals surface area (Å²) in [6, 6.07) is 0. The van der Waals surface area contributed by atoms with Gasteiger partial charge in [-0.2, -0.15) is 0 Å². The van der Waals surface area contributed by atoms with Crippen molar-refractivity contribution in [3.63, 3.8) is 0 Å². The lowest BCUT2D eigenvalue weighted by Crippen LogP contribution is -2.31. The van der Waals surface area contributed by atoms with Gasteiger partial charge in [0.15, 0.2) is 0 Å². The minimum Gasteiger partial charge on any atom is -0.468 e. The molecule has 66 valence electrons. The zero-order valence-electron chi connectivity index (χ0n) is 7.30. The predicted molar refractivity (Wildman–Crippen MR) is 44.4 cm³/mol. The minimum atomic E-state index is -0.462. The zero-order valence-corrected chi connectivity index (χ0v) is 7.30. The highest BCUT2D eigenvalue weighted by Gasteiger charge is 2.45. The van der Waals surface area contributed by atoms with Crippen LogP contribution in [0.5, 0.6) is 0 Å². The van der Waals surface area contributed by atoms with E-state index in [1.165, 1.54) is 7.11 Å². The van der Waals surface area contributed by atoms with Crippen LogP contribution in [0.3, 0.4) is 0 Å². The fourth-order valence-electron chi connectivity index (χ4n) is 1.85. The maximum atomic E-state index is 11.4. The van der Waals surface area contributed by atoms with Crippen LogP contribution in [0.4, 0.5) is 0 Å². The molecule has 3 nitrogen and oxygen atoms in total. The Balaban J connectivity index is 2.72. The van der Waals surface area contributed by atoms with Gasteiger partial charge < -0.3 is 9.58 Å². The summed E-state index contributed by atoms with van der Waals surface area (Å²) in [6.07, 6.45) is 3.74. The van der Waals surface area contributed by atoms with E-state index in [9.17, 15) is 4.79 Å². The first kappa shape index (κ1) is 9.05. The molecule has 0 bridgehead atoms. The van der Waals surface area contributed by atoms with E-state index in [2.05, 4.69) is 4.85 Å². The van der Waals surface area contributed by atoms with E-state index in [1.807, 2.05) is 0 Å². The van der Waals surface area contributed by atoms with Crippen molar-refractivity contribution in [2.75, 3.05) is 13.7 Å². The van der Waals surface area contributed by atoms with Gasteiger partial charge >= 0.3 is 5.97 Å². The van der Waals surface area contributed by atoms with Crippen molar-refractivity contribution >= 4 is 5.97 Å². The van der Waals surface area contributed by atoms with E-state index < -0.39 is 5.41 Å². The molecule has 0 aromatic rings. The second kappa shape index (κ2) is 3.57. The van der Waals surface area contributed by atoms with Crippen LogP contribution in [0.25, 0.3) is 4.85 Å². The molecule has 0 aliphatic heterocycles. The van der Waals surface area contributed by atoms with Crippen LogP contribution in [0.1, 0.15) is 25.7 Å². The molecular weight excluding hydrogens is 154 g/mol. The lowest BCUT2D eigenvalue weighted by atomic mass is 9.86. The van der Waals surface area contributed by atoms with Crippen LogP contribution in [0, 0.1) is 12.0 Å². The SMILES string of the molecule is [C-]#[N+]CC1(C(=O)OC)CCCC1. The molecule has 0 spiro atoms. The number of rotatable bonds is 2. The molecule has 0 heterocycles. The molecule has 1 rings (SSSR count). The van der Waals surface area contributed by atoms with Gasteiger partial charge in [0, 0.05) is 0 Å². The summed E-state index contributed by atoms with van der Waals surface area (Å²) in [5.74, 6) is -0.198. The molecule has 0 aromatic carbocycles. The highest BCUT2D eigenvalue weighted by Crippen LogP contribution is 2.39. The number of carbonyl (C=O) groups is 1. The van der Waals surface area contributed by atoms with E-state index >= 15 is 0 Å². The highest BCUT2D eigenvalue weighted by atomic mass is 16.5. The molecule has 0 amide bonds. The summed E-state index contributed by atoms with van der Waals surface area (Å²) in [5, 5.41) is 0. The van der Waals surface area contributed by atoms with Gasteiger partial charge in [-0.05, 0) is 12.8 Å². The third-order valence-electron chi connectivity index (χ3n) is 2.56. The Morgan fingerprint density at radius 2 is 2.17 bits per heavy atom. The lowest BCUT2D eigenvalue weighted by molar-refractivity contribution is -0.151. The molecule has 0 N–H and O–H groups in total. The largest absolute Gasteiger partial charge is 0.468 e. The van der Waals surface area contributed by atoms with Crippen molar-refractivity contribution in [3.8, 4) is 0 Å². The molecule has 0 saturated heterocycles. The van der Waals surface area contributed by atoms with Crippen molar-refractivity contribution in [3.05, 3.63) is 11.4 Å². The number of esters is 1. The number of methoxy groups -OCH3 is 1. The number of ether oxygens (including phenoxy) is 1. The first-order chi connectivity index (χ1) is 5.75. The van der Waals surface area contributed by atoms with E-state index in [4.69, 9.17) is 11.3 Å². The molecule has 1 aliphatic carbocycles. The Kier molecular flexibility index (Phi) is 2.69. The summed E-state index contributed by atoms with van der Waals surface area (Å²) >= 11 is 0. The number of carbonyl (C=O) groups excluding carboxylic acids is 1. The molecule has 3 heteroatoms. The van der Waals surface area contributed by atoms with E-state index in [0.717, 1.165) is 25.7 Å². The van der Waals surface area contributed by atoms with Gasteiger partial charge in [0.2, 0.25) is 6.54 Å². The summed E-state index contributed by atoms with van der Waals surface area (Å²) in [7, 11) is 1.40. The van der Waals surface area contributed by atoms with Gasteiger partial charge in [-0.15, -0.1) is 0 Å². The summed E-state index contributed by atoms with van der Waals surface area (Å²) in [5.41, 5.74) is -0.462.